The summed E-state index contributed by atoms with van der Waals surface area (Å²) >= 11 is 0. The summed E-state index contributed by atoms with van der Waals surface area (Å²) in [4.78, 5) is 15.5. The van der Waals surface area contributed by atoms with E-state index >= 15 is 0 Å². The van der Waals surface area contributed by atoms with Crippen LogP contribution >= 0.6 is 0 Å². The number of para-hydroxylation sites is 1. The summed E-state index contributed by atoms with van der Waals surface area (Å²) in [6, 6.07) is 28.6. The van der Waals surface area contributed by atoms with Crippen LogP contribution in [0.25, 0.3) is 0 Å². The zero-order valence-corrected chi connectivity index (χ0v) is 18.1. The number of nitrogens with zero attached hydrogens (tertiary/aromatic N) is 1. The second-order valence-electron chi connectivity index (χ2n) is 8.29. The Labute approximate surface area is 184 Å². The SMILES string of the molecule is COc1ccccc1C(=O)NCC1(c2ccccc2)CCN(Cc2ccccc2)CC1. The van der Waals surface area contributed by atoms with Gasteiger partial charge in [0.2, 0.25) is 0 Å². The molecule has 0 unspecified atom stereocenters. The third-order valence-electron chi connectivity index (χ3n) is 6.39. The van der Waals surface area contributed by atoms with Gasteiger partial charge < -0.3 is 10.1 Å². The van der Waals surface area contributed by atoms with Crippen molar-refractivity contribution in [2.75, 3.05) is 26.7 Å². The molecule has 3 aromatic carbocycles. The quantitative estimate of drug-likeness (QED) is 0.611. The first kappa shape index (κ1) is 21.1. The van der Waals surface area contributed by atoms with Crippen molar-refractivity contribution in [2.45, 2.75) is 24.8 Å². The molecule has 0 aliphatic carbocycles. The van der Waals surface area contributed by atoms with Crippen LogP contribution in [0.3, 0.4) is 0 Å². The van der Waals surface area contributed by atoms with E-state index < -0.39 is 0 Å². The average molecular weight is 415 g/mol. The number of likely N-dealkylation sites (tertiary alicyclic amines) is 1. The largest absolute Gasteiger partial charge is 0.496 e. The molecule has 0 atom stereocenters. The Morgan fingerprint density at radius 1 is 0.903 bits per heavy atom. The minimum Gasteiger partial charge on any atom is -0.496 e. The lowest BCUT2D eigenvalue weighted by molar-refractivity contribution is 0.0916. The van der Waals surface area contributed by atoms with Crippen molar-refractivity contribution < 1.29 is 9.53 Å². The summed E-state index contributed by atoms with van der Waals surface area (Å²) in [5.74, 6) is 0.519. The molecule has 4 heteroatoms. The summed E-state index contributed by atoms with van der Waals surface area (Å²) < 4.78 is 5.37. The number of hydrogen-bond acceptors (Lipinski definition) is 3. The molecule has 1 aliphatic heterocycles. The molecule has 1 amide bonds. The van der Waals surface area contributed by atoms with Crippen LogP contribution in [-0.4, -0.2) is 37.6 Å². The number of carbonyl (C=O) groups is 1. The van der Waals surface area contributed by atoms with Gasteiger partial charge in [-0.25, -0.2) is 0 Å². The van der Waals surface area contributed by atoms with Gasteiger partial charge in [0.25, 0.3) is 5.91 Å². The molecule has 1 fully saturated rings. The maximum Gasteiger partial charge on any atom is 0.255 e. The van der Waals surface area contributed by atoms with Crippen LogP contribution in [0.1, 0.15) is 34.3 Å². The molecule has 0 radical (unpaired) electrons. The predicted octanol–water partition coefficient (Wildman–Crippen LogP) is 4.66. The van der Waals surface area contributed by atoms with Crippen LogP contribution in [0.15, 0.2) is 84.9 Å². The van der Waals surface area contributed by atoms with Crippen molar-refractivity contribution in [1.82, 2.24) is 10.2 Å². The predicted molar refractivity (Wildman–Crippen MR) is 124 cm³/mol. The standard InChI is InChI=1S/C27H30N2O2/c1-31-25-15-9-8-14-24(25)26(30)28-21-27(23-12-6-3-7-13-23)16-18-29(19-17-27)20-22-10-4-2-5-11-22/h2-15H,16-21H2,1H3,(H,28,30). The van der Waals surface area contributed by atoms with E-state index in [4.69, 9.17) is 4.74 Å². The number of ether oxygens (including phenoxy) is 1. The number of nitrogens with one attached hydrogen (secondary N) is 1. The van der Waals surface area contributed by atoms with E-state index in [-0.39, 0.29) is 11.3 Å². The molecule has 160 valence electrons. The minimum atomic E-state index is -0.0838. The van der Waals surface area contributed by atoms with Gasteiger partial charge in [0.15, 0.2) is 0 Å². The number of methoxy groups -OCH3 is 1. The fourth-order valence-electron chi connectivity index (χ4n) is 4.52. The zero-order chi connectivity index (χ0) is 21.5. The monoisotopic (exact) mass is 414 g/mol. The Morgan fingerprint density at radius 3 is 2.19 bits per heavy atom. The number of rotatable bonds is 7. The second kappa shape index (κ2) is 9.80. The van der Waals surface area contributed by atoms with Crippen molar-refractivity contribution >= 4 is 5.91 Å². The highest BCUT2D eigenvalue weighted by Gasteiger charge is 2.36. The van der Waals surface area contributed by atoms with Crippen molar-refractivity contribution in [3.05, 3.63) is 102 Å². The van der Waals surface area contributed by atoms with Gasteiger partial charge in [-0.05, 0) is 49.2 Å². The third-order valence-corrected chi connectivity index (χ3v) is 6.39. The lowest BCUT2D eigenvalue weighted by atomic mass is 9.72. The maximum atomic E-state index is 12.9. The molecule has 4 rings (SSSR count). The fraction of sp³-hybridized carbons (Fsp3) is 0.296. The van der Waals surface area contributed by atoms with Crippen molar-refractivity contribution in [3.63, 3.8) is 0 Å². The van der Waals surface area contributed by atoms with Crippen LogP contribution in [-0.2, 0) is 12.0 Å². The number of hydrogen-bond donors (Lipinski definition) is 1. The van der Waals surface area contributed by atoms with Gasteiger partial charge >= 0.3 is 0 Å². The van der Waals surface area contributed by atoms with Crippen LogP contribution in [0.2, 0.25) is 0 Å². The number of benzene rings is 3. The Morgan fingerprint density at radius 2 is 1.52 bits per heavy atom. The van der Waals surface area contributed by atoms with Gasteiger partial charge in [-0.3, -0.25) is 9.69 Å². The van der Waals surface area contributed by atoms with Gasteiger partial charge in [-0.15, -0.1) is 0 Å². The Hall–Kier alpha value is -3.11. The molecular formula is C27H30N2O2. The van der Waals surface area contributed by atoms with Crippen LogP contribution in [0, 0.1) is 0 Å². The van der Waals surface area contributed by atoms with Gasteiger partial charge in [0, 0.05) is 18.5 Å². The number of carbonyl (C=O) groups excluding carboxylic acids is 1. The normalized spacial score (nSPS) is 15.9. The van der Waals surface area contributed by atoms with E-state index in [2.05, 4.69) is 70.9 Å². The van der Waals surface area contributed by atoms with E-state index in [1.54, 1.807) is 7.11 Å². The van der Waals surface area contributed by atoms with Gasteiger partial charge in [0.1, 0.15) is 5.75 Å². The summed E-state index contributed by atoms with van der Waals surface area (Å²) in [7, 11) is 1.60. The Balaban J connectivity index is 1.47. The molecule has 0 spiro atoms. The lowest BCUT2D eigenvalue weighted by Crippen LogP contribution is -2.48. The smallest absolute Gasteiger partial charge is 0.255 e. The topological polar surface area (TPSA) is 41.6 Å². The maximum absolute atomic E-state index is 12.9. The summed E-state index contributed by atoms with van der Waals surface area (Å²) in [5, 5.41) is 3.21. The average Bonchev–Trinajstić information content (AvgIpc) is 2.85. The molecule has 0 bridgehead atoms. The number of piperidine rings is 1. The van der Waals surface area contributed by atoms with Gasteiger partial charge in [0.05, 0.1) is 12.7 Å². The van der Waals surface area contributed by atoms with Crippen molar-refractivity contribution in [1.29, 1.82) is 0 Å². The molecule has 0 aromatic heterocycles. The first-order valence-electron chi connectivity index (χ1n) is 10.9. The second-order valence-corrected chi connectivity index (χ2v) is 8.29. The summed E-state index contributed by atoms with van der Waals surface area (Å²) in [5.41, 5.74) is 3.16. The molecule has 0 saturated carbocycles. The molecule has 1 heterocycles. The third kappa shape index (κ3) is 4.97. The van der Waals surface area contributed by atoms with Crippen molar-refractivity contribution in [3.8, 4) is 5.75 Å². The van der Waals surface area contributed by atoms with E-state index in [0.717, 1.165) is 32.5 Å². The van der Waals surface area contributed by atoms with Crippen molar-refractivity contribution in [2.24, 2.45) is 0 Å². The number of amides is 1. The highest BCUT2D eigenvalue weighted by Crippen LogP contribution is 2.35. The van der Waals surface area contributed by atoms with Crippen LogP contribution in [0.5, 0.6) is 5.75 Å². The lowest BCUT2D eigenvalue weighted by Gasteiger charge is -2.42. The Bertz CT molecular complexity index is 980. The molecule has 1 saturated heterocycles. The van der Waals surface area contributed by atoms with Crippen LogP contribution < -0.4 is 10.1 Å². The molecule has 1 aliphatic rings. The highest BCUT2D eigenvalue weighted by molar-refractivity contribution is 5.96. The minimum absolute atomic E-state index is 0.0634. The van der Waals surface area contributed by atoms with E-state index in [9.17, 15) is 4.79 Å². The van der Waals surface area contributed by atoms with Crippen LogP contribution in [0.4, 0.5) is 0 Å². The Kier molecular flexibility index (Phi) is 6.68. The van der Waals surface area contributed by atoms with E-state index in [1.165, 1.54) is 11.1 Å². The first-order chi connectivity index (χ1) is 15.2. The fourth-order valence-corrected chi connectivity index (χ4v) is 4.52. The molecular weight excluding hydrogens is 384 g/mol. The zero-order valence-electron chi connectivity index (χ0n) is 18.1. The van der Waals surface area contributed by atoms with E-state index in [1.807, 2.05) is 24.3 Å². The van der Waals surface area contributed by atoms with Gasteiger partial charge in [-0.1, -0.05) is 72.8 Å². The summed E-state index contributed by atoms with van der Waals surface area (Å²) in [6.07, 6.45) is 2.02. The molecule has 31 heavy (non-hydrogen) atoms. The molecule has 3 aromatic rings. The highest BCUT2D eigenvalue weighted by atomic mass is 16.5. The molecule has 1 N–H and O–H groups in total. The van der Waals surface area contributed by atoms with E-state index in [0.29, 0.717) is 17.9 Å². The summed E-state index contributed by atoms with van der Waals surface area (Å²) in [6.45, 7) is 3.61. The first-order valence-corrected chi connectivity index (χ1v) is 10.9. The molecule has 4 nitrogen and oxygen atoms in total. The van der Waals surface area contributed by atoms with Gasteiger partial charge in [-0.2, -0.15) is 0 Å².